The molecule has 2 aromatic rings. The molecule has 1 saturated heterocycles. The van der Waals surface area contributed by atoms with E-state index in [1.165, 1.54) is 13.2 Å². The zero-order valence-electron chi connectivity index (χ0n) is 16.0. The van der Waals surface area contributed by atoms with Gasteiger partial charge in [0.25, 0.3) is 0 Å². The summed E-state index contributed by atoms with van der Waals surface area (Å²) in [5, 5.41) is 0. The monoisotopic (exact) mass is 376 g/mol. The molecule has 1 amide bonds. The number of carbonyl (C=O) groups is 2. The summed E-state index contributed by atoms with van der Waals surface area (Å²) in [5.41, 5.74) is 0.759. The van der Waals surface area contributed by atoms with Gasteiger partial charge >= 0.3 is 17.8 Å². The van der Waals surface area contributed by atoms with E-state index in [0.717, 1.165) is 0 Å². The number of hydrogen-bond acceptors (Lipinski definition) is 6. The third kappa shape index (κ3) is 3.99. The predicted octanol–water partition coefficient (Wildman–Crippen LogP) is 2.95. The fourth-order valence-electron chi connectivity index (χ4n) is 3.26. The first-order valence-electron chi connectivity index (χ1n) is 8.91. The molecule has 27 heavy (non-hydrogen) atoms. The number of esters is 1. The standard InChI is InChI=1S/C19H24N2O6/c1-19(2,3)27-17(23)20-9-7-13(8-10-20)21-14-6-5-12(16(22)25-4)11-15(14)26-18(21)24/h5-6,11,13H,7-10H2,1-4H3. The number of ether oxygens (including phenoxy) is 2. The van der Waals surface area contributed by atoms with Crippen molar-refractivity contribution < 1.29 is 23.5 Å². The van der Waals surface area contributed by atoms with Crippen molar-refractivity contribution >= 4 is 23.2 Å². The fourth-order valence-corrected chi connectivity index (χ4v) is 3.26. The number of rotatable bonds is 2. The van der Waals surface area contributed by atoms with E-state index in [0.29, 0.717) is 42.6 Å². The molecule has 1 aromatic heterocycles. The van der Waals surface area contributed by atoms with Crippen LogP contribution >= 0.6 is 0 Å². The number of nitrogens with zero attached hydrogens (tertiary/aromatic N) is 2. The number of fused-ring (bicyclic) bond motifs is 1. The van der Waals surface area contributed by atoms with Gasteiger partial charge in [-0.1, -0.05) is 0 Å². The van der Waals surface area contributed by atoms with E-state index in [9.17, 15) is 14.4 Å². The van der Waals surface area contributed by atoms with Crippen LogP contribution in [0, 0.1) is 0 Å². The molecule has 0 aliphatic carbocycles. The van der Waals surface area contributed by atoms with Crippen LogP contribution in [0.15, 0.2) is 27.4 Å². The van der Waals surface area contributed by atoms with E-state index in [1.807, 2.05) is 20.8 Å². The Morgan fingerprint density at radius 1 is 1.19 bits per heavy atom. The second-order valence-corrected chi connectivity index (χ2v) is 7.61. The average Bonchev–Trinajstić information content (AvgIpc) is 2.94. The minimum Gasteiger partial charge on any atom is -0.465 e. The molecule has 2 heterocycles. The number of amides is 1. The second kappa shape index (κ2) is 7.09. The number of methoxy groups -OCH3 is 1. The Morgan fingerprint density at radius 3 is 2.44 bits per heavy atom. The van der Waals surface area contributed by atoms with Gasteiger partial charge < -0.3 is 18.8 Å². The summed E-state index contributed by atoms with van der Waals surface area (Å²) in [7, 11) is 1.30. The molecular weight excluding hydrogens is 352 g/mol. The van der Waals surface area contributed by atoms with Crippen LogP contribution in [-0.2, 0) is 9.47 Å². The van der Waals surface area contributed by atoms with Crippen LogP contribution < -0.4 is 5.76 Å². The lowest BCUT2D eigenvalue weighted by atomic mass is 10.0. The van der Waals surface area contributed by atoms with Gasteiger partial charge in [-0.05, 0) is 51.8 Å². The molecule has 0 unspecified atom stereocenters. The van der Waals surface area contributed by atoms with E-state index in [1.54, 1.807) is 21.6 Å². The number of oxazole rings is 1. The van der Waals surface area contributed by atoms with Gasteiger partial charge in [0.2, 0.25) is 0 Å². The Kier molecular flexibility index (Phi) is 4.99. The van der Waals surface area contributed by atoms with Crippen LogP contribution in [0.5, 0.6) is 0 Å². The molecule has 0 N–H and O–H groups in total. The lowest BCUT2D eigenvalue weighted by molar-refractivity contribution is 0.0188. The van der Waals surface area contributed by atoms with Gasteiger partial charge in [0.05, 0.1) is 18.2 Å². The Labute approximate surface area is 156 Å². The Balaban J connectivity index is 1.77. The maximum Gasteiger partial charge on any atom is 0.420 e. The van der Waals surface area contributed by atoms with Crippen molar-refractivity contribution in [3.8, 4) is 0 Å². The van der Waals surface area contributed by atoms with Crippen LogP contribution in [-0.4, -0.2) is 47.3 Å². The summed E-state index contributed by atoms with van der Waals surface area (Å²) in [4.78, 5) is 37.9. The Hall–Kier alpha value is -2.77. The van der Waals surface area contributed by atoms with Crippen molar-refractivity contribution in [2.24, 2.45) is 0 Å². The van der Waals surface area contributed by atoms with Gasteiger partial charge in [-0.3, -0.25) is 4.57 Å². The molecule has 0 bridgehead atoms. The van der Waals surface area contributed by atoms with Crippen LogP contribution in [0.4, 0.5) is 4.79 Å². The quantitative estimate of drug-likeness (QED) is 0.749. The molecule has 8 heteroatoms. The fraction of sp³-hybridized carbons (Fsp3) is 0.526. The molecular formula is C19H24N2O6. The largest absolute Gasteiger partial charge is 0.465 e. The van der Waals surface area contributed by atoms with Gasteiger partial charge in [0, 0.05) is 19.1 Å². The average molecular weight is 376 g/mol. The minimum atomic E-state index is -0.539. The number of hydrogen-bond donors (Lipinski definition) is 0. The summed E-state index contributed by atoms with van der Waals surface area (Å²) < 4.78 is 17.0. The number of aromatic nitrogens is 1. The SMILES string of the molecule is COC(=O)c1ccc2c(c1)oc(=O)n2C1CCN(C(=O)OC(C)(C)C)CC1. The van der Waals surface area contributed by atoms with Crippen molar-refractivity contribution in [2.75, 3.05) is 20.2 Å². The summed E-state index contributed by atoms with van der Waals surface area (Å²) >= 11 is 0. The molecule has 1 aromatic carbocycles. The van der Waals surface area contributed by atoms with Crippen LogP contribution in [0.3, 0.4) is 0 Å². The first-order chi connectivity index (χ1) is 12.7. The molecule has 0 saturated carbocycles. The molecule has 1 fully saturated rings. The van der Waals surface area contributed by atoms with Gasteiger partial charge in [0.1, 0.15) is 5.60 Å². The summed E-state index contributed by atoms with van der Waals surface area (Å²) in [6.45, 7) is 6.49. The molecule has 8 nitrogen and oxygen atoms in total. The maximum atomic E-state index is 12.4. The second-order valence-electron chi connectivity index (χ2n) is 7.61. The third-order valence-corrected chi connectivity index (χ3v) is 4.52. The lowest BCUT2D eigenvalue weighted by Gasteiger charge is -2.33. The molecule has 146 valence electrons. The highest BCUT2D eigenvalue weighted by atomic mass is 16.6. The molecule has 0 radical (unpaired) electrons. The number of benzene rings is 1. The highest BCUT2D eigenvalue weighted by Gasteiger charge is 2.29. The van der Waals surface area contributed by atoms with Crippen molar-refractivity contribution in [1.29, 1.82) is 0 Å². The first-order valence-corrected chi connectivity index (χ1v) is 8.91. The Morgan fingerprint density at radius 2 is 1.85 bits per heavy atom. The smallest absolute Gasteiger partial charge is 0.420 e. The van der Waals surface area contributed by atoms with Gasteiger partial charge in [-0.25, -0.2) is 14.4 Å². The summed E-state index contributed by atoms with van der Waals surface area (Å²) in [6.07, 6.45) is 0.895. The van der Waals surface area contributed by atoms with Gasteiger partial charge in [0.15, 0.2) is 5.58 Å². The third-order valence-electron chi connectivity index (χ3n) is 4.52. The van der Waals surface area contributed by atoms with Crippen LogP contribution in [0.2, 0.25) is 0 Å². The molecule has 0 atom stereocenters. The Bertz CT molecular complexity index is 912. The molecule has 3 rings (SSSR count). The normalized spacial score (nSPS) is 15.8. The zero-order chi connectivity index (χ0) is 19.8. The van der Waals surface area contributed by atoms with Crippen LogP contribution in [0.25, 0.3) is 11.1 Å². The summed E-state index contributed by atoms with van der Waals surface area (Å²) in [6, 6.07) is 4.72. The van der Waals surface area contributed by atoms with E-state index >= 15 is 0 Å². The highest BCUT2D eigenvalue weighted by molar-refractivity contribution is 5.93. The number of carbonyl (C=O) groups excluding carboxylic acids is 2. The van der Waals surface area contributed by atoms with E-state index in [4.69, 9.17) is 13.9 Å². The zero-order valence-corrected chi connectivity index (χ0v) is 16.0. The van der Waals surface area contributed by atoms with E-state index in [-0.39, 0.29) is 12.1 Å². The number of likely N-dealkylation sites (tertiary alicyclic amines) is 1. The molecule has 0 spiro atoms. The minimum absolute atomic E-state index is 0.0820. The van der Waals surface area contributed by atoms with E-state index in [2.05, 4.69) is 0 Å². The van der Waals surface area contributed by atoms with Crippen molar-refractivity contribution in [1.82, 2.24) is 9.47 Å². The van der Waals surface area contributed by atoms with Crippen molar-refractivity contribution in [2.45, 2.75) is 45.3 Å². The van der Waals surface area contributed by atoms with E-state index < -0.39 is 17.3 Å². The number of piperidine rings is 1. The summed E-state index contributed by atoms with van der Waals surface area (Å²) in [5.74, 6) is -0.958. The molecule has 1 aliphatic heterocycles. The van der Waals surface area contributed by atoms with Crippen molar-refractivity contribution in [3.05, 3.63) is 34.3 Å². The maximum absolute atomic E-state index is 12.4. The van der Waals surface area contributed by atoms with Gasteiger partial charge in [-0.2, -0.15) is 0 Å². The topological polar surface area (TPSA) is 91.0 Å². The molecule has 1 aliphatic rings. The highest BCUT2D eigenvalue weighted by Crippen LogP contribution is 2.27. The lowest BCUT2D eigenvalue weighted by Crippen LogP contribution is -2.42. The van der Waals surface area contributed by atoms with Gasteiger partial charge in [-0.15, -0.1) is 0 Å². The van der Waals surface area contributed by atoms with Crippen LogP contribution in [0.1, 0.15) is 50.0 Å². The van der Waals surface area contributed by atoms with Crippen molar-refractivity contribution in [3.63, 3.8) is 0 Å². The predicted molar refractivity (Wildman–Crippen MR) is 97.9 cm³/mol. The first kappa shape index (κ1) is 19.0.